The Bertz CT molecular complexity index is 2630. The standard InChI is InChI=1S/C47H57N7O11S/c1-28-4-8-37-29(2)40(63-45-47(37)36(28)10-14-46(3,64-45)65-47)25-42(55)53-18-16-52(17-19-53)32-5-7-35(41(23-32)62-33-22-31-11-15-48-43(31)50-27-33)44(56)51-66(59,60)34-6-9-38(39(24-34)54(57)58)49-26-30-12-20-61-21-13-30/h5-7,9,11,15,22-24,27-30,36-37,40,45,49H,4,8,10,12-14,16-21,25-26H2,1-3H3,(H,48,50)(H,51,56)/t28-,29-,36+,37+,40-,45-,46-,47-/m1/s1. The number of nitrogens with zero attached hydrogens (tertiary/aromatic N) is 4. The van der Waals surface area contributed by atoms with E-state index < -0.39 is 49.1 Å². The highest BCUT2D eigenvalue weighted by Gasteiger charge is 2.71. The number of carbonyl (C=O) groups excluding carboxylic acids is 2. The molecule has 5 aliphatic heterocycles. The zero-order chi connectivity index (χ0) is 46.0. The van der Waals surface area contributed by atoms with Crippen molar-refractivity contribution in [2.45, 2.75) is 94.4 Å². The number of amides is 2. The minimum atomic E-state index is -4.59. The number of hydrogen-bond acceptors (Lipinski definition) is 14. The number of pyridine rings is 1. The number of carbonyl (C=O) groups is 2. The largest absolute Gasteiger partial charge is 0.455 e. The summed E-state index contributed by atoms with van der Waals surface area (Å²) in [5, 5.41) is 16.0. The lowest BCUT2D eigenvalue weighted by Gasteiger charge is -2.58. The van der Waals surface area contributed by atoms with Crippen molar-refractivity contribution < 1.29 is 46.6 Å². The van der Waals surface area contributed by atoms with Gasteiger partial charge in [-0.05, 0) is 105 Å². The van der Waals surface area contributed by atoms with Crippen LogP contribution in [0.15, 0.2) is 65.8 Å². The maximum absolute atomic E-state index is 14.0. The first-order chi connectivity index (χ1) is 31.7. The molecule has 0 unspecified atom stereocenters. The molecule has 1 aliphatic carbocycles. The average molecular weight is 928 g/mol. The van der Waals surface area contributed by atoms with Crippen molar-refractivity contribution in [1.29, 1.82) is 0 Å². The van der Waals surface area contributed by atoms with Gasteiger partial charge in [0.05, 0.1) is 34.1 Å². The zero-order valence-electron chi connectivity index (χ0n) is 37.4. The summed E-state index contributed by atoms with van der Waals surface area (Å²) < 4.78 is 61.2. The van der Waals surface area contributed by atoms with Gasteiger partial charge in [0.2, 0.25) is 5.91 Å². The maximum atomic E-state index is 14.0. The number of nitro benzene ring substituents is 1. The van der Waals surface area contributed by atoms with Crippen molar-refractivity contribution >= 4 is 49.9 Å². The second-order valence-electron chi connectivity index (χ2n) is 19.1. The van der Waals surface area contributed by atoms with E-state index in [1.807, 2.05) is 17.9 Å². The highest BCUT2D eigenvalue weighted by atomic mass is 32.2. The fraction of sp³-hybridized carbons (Fsp3) is 0.553. The summed E-state index contributed by atoms with van der Waals surface area (Å²) in [5.74, 6) is 0.252. The first-order valence-corrected chi connectivity index (χ1v) is 24.7. The van der Waals surface area contributed by atoms with E-state index in [0.29, 0.717) is 74.9 Å². The molecule has 2 aromatic carbocycles. The Morgan fingerprint density at radius 2 is 1.80 bits per heavy atom. The third-order valence-electron chi connectivity index (χ3n) is 15.1. The Labute approximate surface area is 383 Å². The Morgan fingerprint density at radius 1 is 1.00 bits per heavy atom. The number of aromatic amines is 1. The molecule has 10 rings (SSSR count). The average Bonchev–Trinajstić information content (AvgIpc) is 3.86. The van der Waals surface area contributed by atoms with Gasteiger partial charge in [0.15, 0.2) is 12.1 Å². The molecule has 7 heterocycles. The topological polar surface area (TPSA) is 217 Å². The van der Waals surface area contributed by atoms with Crippen LogP contribution in [0.4, 0.5) is 17.1 Å². The van der Waals surface area contributed by atoms with Crippen LogP contribution >= 0.6 is 0 Å². The number of hydrogen-bond donors (Lipinski definition) is 3. The van der Waals surface area contributed by atoms with E-state index in [0.717, 1.165) is 50.0 Å². The van der Waals surface area contributed by atoms with Gasteiger partial charge in [-0.1, -0.05) is 13.8 Å². The third-order valence-corrected chi connectivity index (χ3v) is 16.5. The van der Waals surface area contributed by atoms with Crippen LogP contribution in [0.3, 0.4) is 0 Å². The molecule has 2 amide bonds. The predicted molar refractivity (Wildman–Crippen MR) is 242 cm³/mol. The van der Waals surface area contributed by atoms with E-state index in [9.17, 15) is 28.1 Å². The van der Waals surface area contributed by atoms with E-state index >= 15 is 0 Å². The number of nitrogens with one attached hydrogen (secondary N) is 3. The van der Waals surface area contributed by atoms with Crippen LogP contribution in [0.2, 0.25) is 0 Å². The van der Waals surface area contributed by atoms with Crippen molar-refractivity contribution in [3.63, 3.8) is 0 Å². The molecule has 5 saturated heterocycles. The minimum absolute atomic E-state index is 0.0207. The van der Waals surface area contributed by atoms with E-state index in [2.05, 4.69) is 38.8 Å². The summed E-state index contributed by atoms with van der Waals surface area (Å²) >= 11 is 0. The molecule has 1 saturated carbocycles. The Morgan fingerprint density at radius 3 is 2.59 bits per heavy atom. The van der Waals surface area contributed by atoms with Crippen LogP contribution in [0.25, 0.3) is 11.0 Å². The van der Waals surface area contributed by atoms with Crippen LogP contribution in [0, 0.1) is 39.7 Å². The maximum Gasteiger partial charge on any atom is 0.293 e. The van der Waals surface area contributed by atoms with Gasteiger partial charge in [-0.3, -0.25) is 19.7 Å². The molecule has 66 heavy (non-hydrogen) atoms. The number of sulfonamides is 1. The van der Waals surface area contributed by atoms with Gasteiger partial charge in [0, 0.05) is 81.8 Å². The van der Waals surface area contributed by atoms with Crippen LogP contribution < -0.4 is 19.7 Å². The smallest absolute Gasteiger partial charge is 0.293 e. The molecule has 2 bridgehead atoms. The summed E-state index contributed by atoms with van der Waals surface area (Å²) in [6, 6.07) is 11.9. The van der Waals surface area contributed by atoms with Crippen molar-refractivity contribution in [3.05, 3.63) is 76.6 Å². The van der Waals surface area contributed by atoms with Gasteiger partial charge in [0.1, 0.15) is 28.4 Å². The molecule has 2 aromatic heterocycles. The minimum Gasteiger partial charge on any atom is -0.455 e. The molecule has 18 nitrogen and oxygen atoms in total. The molecular formula is C47H57N7O11S. The van der Waals surface area contributed by atoms with Gasteiger partial charge >= 0.3 is 0 Å². The normalized spacial score (nSPS) is 29.9. The number of aromatic nitrogens is 2. The van der Waals surface area contributed by atoms with Gasteiger partial charge in [-0.25, -0.2) is 18.1 Å². The first-order valence-electron chi connectivity index (χ1n) is 23.2. The van der Waals surface area contributed by atoms with Gasteiger partial charge in [-0.2, -0.15) is 0 Å². The number of H-pyrrole nitrogens is 1. The van der Waals surface area contributed by atoms with Gasteiger partial charge < -0.3 is 43.8 Å². The van der Waals surface area contributed by atoms with E-state index in [4.69, 9.17) is 23.7 Å². The lowest BCUT2D eigenvalue weighted by molar-refractivity contribution is -0.384. The number of piperazine rings is 1. The fourth-order valence-electron chi connectivity index (χ4n) is 11.5. The van der Waals surface area contributed by atoms with Crippen LogP contribution in [0.1, 0.15) is 76.1 Å². The lowest BCUT2D eigenvalue weighted by Crippen LogP contribution is -2.66. The molecule has 3 N–H and O–H groups in total. The number of benzene rings is 2. The first kappa shape index (κ1) is 44.5. The van der Waals surface area contributed by atoms with Gasteiger partial charge in [0.25, 0.3) is 21.6 Å². The summed E-state index contributed by atoms with van der Waals surface area (Å²) in [6.07, 6.45) is 8.37. The molecule has 1 spiro atoms. The quantitative estimate of drug-likeness (QED) is 0.101. The molecule has 6 aliphatic rings. The molecular weight excluding hydrogens is 871 g/mol. The predicted octanol–water partition coefficient (Wildman–Crippen LogP) is 6.58. The molecule has 8 atom stereocenters. The highest BCUT2D eigenvalue weighted by Crippen LogP contribution is 2.63. The van der Waals surface area contributed by atoms with Crippen molar-refractivity contribution in [2.24, 2.45) is 29.6 Å². The van der Waals surface area contributed by atoms with E-state index in [-0.39, 0.29) is 53.2 Å². The van der Waals surface area contributed by atoms with Crippen LogP contribution in [0.5, 0.6) is 11.5 Å². The fourth-order valence-corrected chi connectivity index (χ4v) is 12.5. The second-order valence-corrected chi connectivity index (χ2v) is 20.8. The summed E-state index contributed by atoms with van der Waals surface area (Å²) in [4.78, 5) is 50.3. The van der Waals surface area contributed by atoms with Crippen molar-refractivity contribution in [2.75, 3.05) is 56.2 Å². The molecule has 4 aromatic rings. The Balaban J connectivity index is 0.832. The van der Waals surface area contributed by atoms with Crippen LogP contribution in [-0.4, -0.2) is 110 Å². The van der Waals surface area contributed by atoms with Crippen molar-refractivity contribution in [1.82, 2.24) is 19.6 Å². The van der Waals surface area contributed by atoms with E-state index in [1.165, 1.54) is 24.4 Å². The third kappa shape index (κ3) is 8.26. The van der Waals surface area contributed by atoms with Crippen LogP contribution in [-0.2, 0) is 33.8 Å². The molecule has 19 heteroatoms. The Kier molecular flexibility index (Phi) is 11.7. The number of anilines is 2. The second kappa shape index (κ2) is 17.4. The summed E-state index contributed by atoms with van der Waals surface area (Å²) in [7, 11) is -4.59. The molecule has 6 fully saturated rings. The molecule has 352 valence electrons. The highest BCUT2D eigenvalue weighted by molar-refractivity contribution is 7.90. The summed E-state index contributed by atoms with van der Waals surface area (Å²) in [5.41, 5.74) is 0.513. The Hall–Kier alpha value is -5.34. The number of rotatable bonds is 12. The SMILES string of the molecule is C[C@H]1[C@@H](CC(=O)N2CCN(c3ccc(C(=O)NS(=O)(=O)c4ccc(NCC5CCOCC5)c([N+](=O)[O-])c4)c(Oc4cnc5[nH]ccc5c4)c3)CC2)O[C@@H]2O[C@@]3(C)CC[C@H]4[C@H](C)CC[C@@H]1[C@@]24O3. The number of ether oxygens (including phenoxy) is 5. The number of nitro groups is 1. The monoisotopic (exact) mass is 927 g/mol. The number of fused-ring (bicyclic) bond motifs is 2. The lowest BCUT2D eigenvalue weighted by atomic mass is 9.56. The summed E-state index contributed by atoms with van der Waals surface area (Å²) in [6.45, 7) is 10.1. The van der Waals surface area contributed by atoms with E-state index in [1.54, 1.807) is 24.4 Å². The molecule has 0 radical (unpaired) electrons. The van der Waals surface area contributed by atoms with Gasteiger partial charge in [-0.15, -0.1) is 0 Å². The zero-order valence-corrected chi connectivity index (χ0v) is 38.2. The van der Waals surface area contributed by atoms with Crippen molar-refractivity contribution in [3.8, 4) is 11.5 Å².